The van der Waals surface area contributed by atoms with Gasteiger partial charge in [-0.2, -0.15) is 0 Å². The van der Waals surface area contributed by atoms with E-state index in [2.05, 4.69) is 26.1 Å². The van der Waals surface area contributed by atoms with Crippen molar-refractivity contribution < 1.29 is 9.59 Å². The zero-order chi connectivity index (χ0) is 14.9. The summed E-state index contributed by atoms with van der Waals surface area (Å²) < 4.78 is 0. The minimum atomic E-state index is -0.364. The van der Waals surface area contributed by atoms with Crippen molar-refractivity contribution in [3.63, 3.8) is 0 Å². The minimum absolute atomic E-state index is 0.0640. The van der Waals surface area contributed by atoms with Gasteiger partial charge in [-0.25, -0.2) is 4.79 Å². The topological polar surface area (TPSA) is 75.4 Å². The molecule has 108 valence electrons. The number of hydrogen-bond donors (Lipinski definition) is 2. The van der Waals surface area contributed by atoms with Gasteiger partial charge in [0.15, 0.2) is 0 Å². The van der Waals surface area contributed by atoms with E-state index < -0.39 is 0 Å². The molecule has 0 spiro atoms. The zero-order valence-electron chi connectivity index (χ0n) is 12.1. The molecule has 0 bridgehead atoms. The molecule has 0 aliphatic carbocycles. The monoisotopic (exact) mass is 275 g/mol. The van der Waals surface area contributed by atoms with Crippen molar-refractivity contribution in [1.82, 2.24) is 10.2 Å². The molecule has 0 aromatic heterocycles. The van der Waals surface area contributed by atoms with Crippen LogP contribution in [0.4, 0.5) is 4.79 Å². The molecule has 3 amide bonds. The number of carbonyl (C=O) groups excluding carboxylic acids is 2. The summed E-state index contributed by atoms with van der Waals surface area (Å²) in [5.74, 6) is -0.225. The highest BCUT2D eigenvalue weighted by Crippen LogP contribution is 2.23. The molecule has 2 rings (SSSR count). The molecule has 0 radical (unpaired) electrons. The van der Waals surface area contributed by atoms with Crippen LogP contribution in [-0.2, 0) is 10.2 Å². The van der Waals surface area contributed by atoms with E-state index >= 15 is 0 Å². The Hall–Kier alpha value is -1.88. The van der Waals surface area contributed by atoms with Crippen molar-refractivity contribution in [1.29, 1.82) is 0 Å². The van der Waals surface area contributed by atoms with Gasteiger partial charge in [-0.05, 0) is 16.5 Å². The summed E-state index contributed by atoms with van der Waals surface area (Å²) >= 11 is 0. The van der Waals surface area contributed by atoms with E-state index in [4.69, 9.17) is 5.73 Å². The van der Waals surface area contributed by atoms with Gasteiger partial charge in [0, 0.05) is 12.6 Å². The summed E-state index contributed by atoms with van der Waals surface area (Å²) in [5, 5.41) is 2.49. The number of benzene rings is 1. The first-order valence-corrected chi connectivity index (χ1v) is 6.73. The van der Waals surface area contributed by atoms with Crippen LogP contribution in [-0.4, -0.2) is 29.9 Å². The molecule has 1 aliphatic rings. The van der Waals surface area contributed by atoms with E-state index in [-0.39, 0.29) is 36.5 Å². The normalized spacial score (nSPS) is 17.3. The Labute approximate surface area is 119 Å². The van der Waals surface area contributed by atoms with Crippen LogP contribution in [0.5, 0.6) is 0 Å². The maximum Gasteiger partial charge on any atom is 0.324 e. The molecule has 1 saturated heterocycles. The number of nitrogens with two attached hydrogens (primary N) is 1. The van der Waals surface area contributed by atoms with Crippen molar-refractivity contribution >= 4 is 11.9 Å². The van der Waals surface area contributed by atoms with Gasteiger partial charge in [0.05, 0.1) is 6.54 Å². The molecule has 5 heteroatoms. The summed E-state index contributed by atoms with van der Waals surface area (Å²) in [6.45, 7) is 6.72. The van der Waals surface area contributed by atoms with Gasteiger partial charge in [0.1, 0.15) is 0 Å². The molecule has 1 heterocycles. The van der Waals surface area contributed by atoms with Gasteiger partial charge in [0.2, 0.25) is 5.91 Å². The highest BCUT2D eigenvalue weighted by Gasteiger charge is 2.30. The maximum absolute atomic E-state index is 11.5. The van der Waals surface area contributed by atoms with Gasteiger partial charge >= 0.3 is 6.03 Å². The summed E-state index contributed by atoms with van der Waals surface area (Å²) in [5.41, 5.74) is 8.32. The lowest BCUT2D eigenvalue weighted by Crippen LogP contribution is -2.37. The second kappa shape index (κ2) is 5.25. The molecule has 1 aromatic rings. The van der Waals surface area contributed by atoms with Crippen molar-refractivity contribution in [3.8, 4) is 0 Å². The van der Waals surface area contributed by atoms with Crippen LogP contribution in [0.15, 0.2) is 24.3 Å². The first-order valence-electron chi connectivity index (χ1n) is 6.73. The fourth-order valence-electron chi connectivity index (χ4n) is 2.17. The smallest absolute Gasteiger partial charge is 0.324 e. The van der Waals surface area contributed by atoms with E-state index in [0.29, 0.717) is 0 Å². The summed E-state index contributed by atoms with van der Waals surface area (Å²) in [6.07, 6.45) is 0. The number of urea groups is 1. The third-order valence-corrected chi connectivity index (χ3v) is 3.52. The number of carbonyl (C=O) groups is 2. The van der Waals surface area contributed by atoms with Crippen LogP contribution in [0.2, 0.25) is 0 Å². The van der Waals surface area contributed by atoms with Crippen LogP contribution >= 0.6 is 0 Å². The molecule has 1 fully saturated rings. The summed E-state index contributed by atoms with van der Waals surface area (Å²) in [7, 11) is 0. The molecule has 20 heavy (non-hydrogen) atoms. The van der Waals surface area contributed by atoms with E-state index in [1.54, 1.807) is 0 Å². The number of imide groups is 1. The van der Waals surface area contributed by atoms with E-state index in [9.17, 15) is 9.59 Å². The molecule has 1 atom stereocenters. The molecule has 1 unspecified atom stereocenters. The molecule has 3 N–H and O–H groups in total. The third-order valence-electron chi connectivity index (χ3n) is 3.52. The maximum atomic E-state index is 11.5. The average molecular weight is 275 g/mol. The number of rotatable bonds is 3. The van der Waals surface area contributed by atoms with Gasteiger partial charge < -0.3 is 11.1 Å². The average Bonchev–Trinajstić information content (AvgIpc) is 2.69. The summed E-state index contributed by atoms with van der Waals surface area (Å²) in [4.78, 5) is 24.2. The van der Waals surface area contributed by atoms with E-state index in [0.717, 1.165) is 5.56 Å². The SMILES string of the molecule is CC(C)(C)c1ccc(C(N)CN2C(=O)CNC2=O)cc1. The molecule has 1 aliphatic heterocycles. The quantitative estimate of drug-likeness (QED) is 0.822. The van der Waals surface area contributed by atoms with Crippen LogP contribution in [0.1, 0.15) is 37.9 Å². The first-order chi connectivity index (χ1) is 9.29. The molecule has 1 aromatic carbocycles. The van der Waals surface area contributed by atoms with Crippen LogP contribution in [0.25, 0.3) is 0 Å². The Morgan fingerprint density at radius 2 is 1.85 bits per heavy atom. The second-order valence-electron chi connectivity index (χ2n) is 6.14. The van der Waals surface area contributed by atoms with Gasteiger partial charge in [-0.15, -0.1) is 0 Å². The number of nitrogens with zero attached hydrogens (tertiary/aromatic N) is 1. The lowest BCUT2D eigenvalue weighted by Gasteiger charge is -2.21. The first kappa shape index (κ1) is 14.5. The number of amides is 3. The zero-order valence-corrected chi connectivity index (χ0v) is 12.1. The second-order valence-corrected chi connectivity index (χ2v) is 6.14. The van der Waals surface area contributed by atoms with Gasteiger partial charge in [-0.1, -0.05) is 45.0 Å². The Balaban J connectivity index is 2.08. The van der Waals surface area contributed by atoms with Crippen molar-refractivity contribution in [2.24, 2.45) is 5.73 Å². The molecule has 5 nitrogen and oxygen atoms in total. The minimum Gasteiger partial charge on any atom is -0.329 e. The molecular formula is C15H21N3O2. The van der Waals surface area contributed by atoms with Gasteiger partial charge in [-0.3, -0.25) is 9.69 Å². The van der Waals surface area contributed by atoms with Crippen LogP contribution < -0.4 is 11.1 Å². The lowest BCUT2D eigenvalue weighted by atomic mass is 9.86. The fourth-order valence-corrected chi connectivity index (χ4v) is 2.17. The fraction of sp³-hybridized carbons (Fsp3) is 0.467. The van der Waals surface area contributed by atoms with Crippen molar-refractivity contribution in [2.75, 3.05) is 13.1 Å². The Kier molecular flexibility index (Phi) is 3.81. The Bertz CT molecular complexity index is 501. The summed E-state index contributed by atoms with van der Waals surface area (Å²) in [6, 6.07) is 7.28. The van der Waals surface area contributed by atoms with E-state index in [1.165, 1.54) is 10.5 Å². The van der Waals surface area contributed by atoms with Crippen molar-refractivity contribution in [3.05, 3.63) is 35.4 Å². The van der Waals surface area contributed by atoms with E-state index in [1.807, 2.05) is 24.3 Å². The number of nitrogens with one attached hydrogen (secondary N) is 1. The number of hydrogen-bond acceptors (Lipinski definition) is 3. The van der Waals surface area contributed by atoms with Crippen LogP contribution in [0.3, 0.4) is 0 Å². The Morgan fingerprint density at radius 1 is 1.25 bits per heavy atom. The lowest BCUT2D eigenvalue weighted by molar-refractivity contribution is -0.125. The molecular weight excluding hydrogens is 254 g/mol. The third kappa shape index (κ3) is 2.99. The highest BCUT2D eigenvalue weighted by atomic mass is 16.2. The van der Waals surface area contributed by atoms with Crippen molar-refractivity contribution in [2.45, 2.75) is 32.2 Å². The predicted octanol–water partition coefficient (Wildman–Crippen LogP) is 1.54. The highest BCUT2D eigenvalue weighted by molar-refractivity contribution is 6.01. The van der Waals surface area contributed by atoms with Crippen LogP contribution in [0, 0.1) is 0 Å². The standard InChI is InChI=1S/C15H21N3O2/c1-15(2,3)11-6-4-10(5-7-11)12(16)9-18-13(19)8-17-14(18)20/h4-7,12H,8-9,16H2,1-3H3,(H,17,20). The predicted molar refractivity (Wildman–Crippen MR) is 77.2 cm³/mol. The largest absolute Gasteiger partial charge is 0.329 e. The molecule has 0 saturated carbocycles. The Morgan fingerprint density at radius 3 is 2.30 bits per heavy atom. The van der Waals surface area contributed by atoms with Gasteiger partial charge in [0.25, 0.3) is 0 Å².